The fourth-order valence-electron chi connectivity index (χ4n) is 2.94. The summed E-state index contributed by atoms with van der Waals surface area (Å²) in [6.45, 7) is 1.75. The number of rotatable bonds is 7. The number of aromatic nitrogens is 3. The van der Waals surface area contributed by atoms with Crippen LogP contribution in [0, 0.1) is 18.6 Å². The van der Waals surface area contributed by atoms with Gasteiger partial charge in [-0.25, -0.2) is 8.78 Å². The molecule has 2 aromatic heterocycles. The maximum Gasteiger partial charge on any atom is 0.279 e. The van der Waals surface area contributed by atoms with Crippen LogP contribution in [0.15, 0.2) is 65.3 Å². The lowest BCUT2D eigenvalue weighted by Gasteiger charge is -2.07. The van der Waals surface area contributed by atoms with Crippen LogP contribution in [0.4, 0.5) is 14.6 Å². The van der Waals surface area contributed by atoms with E-state index in [-0.39, 0.29) is 36.2 Å². The normalized spacial score (nSPS) is 10.8. The van der Waals surface area contributed by atoms with Gasteiger partial charge in [-0.3, -0.25) is 9.48 Å². The van der Waals surface area contributed by atoms with Gasteiger partial charge in [0.25, 0.3) is 5.91 Å². The van der Waals surface area contributed by atoms with Crippen LogP contribution in [0.25, 0.3) is 0 Å². The van der Waals surface area contributed by atoms with Crippen molar-refractivity contribution < 1.29 is 22.8 Å². The van der Waals surface area contributed by atoms with Crippen molar-refractivity contribution in [2.45, 2.75) is 20.1 Å². The minimum Gasteiger partial charge on any atom is -0.486 e. The molecule has 0 bridgehead atoms. The van der Waals surface area contributed by atoms with Crippen LogP contribution in [0.3, 0.4) is 0 Å². The quantitative estimate of drug-likeness (QED) is 0.477. The molecule has 9 heteroatoms. The maximum atomic E-state index is 13.8. The molecule has 0 aliphatic carbocycles. The molecule has 2 heterocycles. The van der Waals surface area contributed by atoms with Gasteiger partial charge in [0.15, 0.2) is 23.1 Å². The molecule has 0 saturated heterocycles. The number of carbonyl (C=O) groups excluding carboxylic acids is 1. The molecule has 0 aliphatic heterocycles. The van der Waals surface area contributed by atoms with Crippen molar-refractivity contribution in [1.29, 1.82) is 0 Å². The summed E-state index contributed by atoms with van der Waals surface area (Å²) in [4.78, 5) is 12.7. The Kier molecular flexibility index (Phi) is 5.74. The third kappa shape index (κ3) is 4.61. The van der Waals surface area contributed by atoms with Gasteiger partial charge in [-0.2, -0.15) is 5.10 Å². The minimum atomic E-state index is -0.555. The number of anilines is 1. The van der Waals surface area contributed by atoms with Gasteiger partial charge >= 0.3 is 0 Å². The number of benzene rings is 2. The Morgan fingerprint density at radius 3 is 2.61 bits per heavy atom. The Hall–Kier alpha value is -4.01. The summed E-state index contributed by atoms with van der Waals surface area (Å²) in [6.07, 6.45) is 1.62. The molecular weight excluding hydrogens is 406 g/mol. The fourth-order valence-corrected chi connectivity index (χ4v) is 2.94. The summed E-state index contributed by atoms with van der Waals surface area (Å²) in [6, 6.07) is 13.9. The number of ether oxygens (including phenoxy) is 1. The van der Waals surface area contributed by atoms with Crippen LogP contribution in [0.2, 0.25) is 0 Å². The minimum absolute atomic E-state index is 0.0116. The predicted molar refractivity (Wildman–Crippen MR) is 108 cm³/mol. The number of hydrogen-bond acceptors (Lipinski definition) is 5. The Morgan fingerprint density at radius 2 is 1.84 bits per heavy atom. The summed E-state index contributed by atoms with van der Waals surface area (Å²) < 4.78 is 39.7. The lowest BCUT2D eigenvalue weighted by molar-refractivity contribution is 0.101. The van der Waals surface area contributed by atoms with E-state index in [0.29, 0.717) is 16.9 Å². The van der Waals surface area contributed by atoms with Gasteiger partial charge in [0.05, 0.1) is 12.1 Å². The Morgan fingerprint density at radius 1 is 1.10 bits per heavy atom. The van der Waals surface area contributed by atoms with Crippen LogP contribution < -0.4 is 10.1 Å². The average molecular weight is 424 g/mol. The molecule has 0 saturated carbocycles. The van der Waals surface area contributed by atoms with Crippen molar-refractivity contribution in [1.82, 2.24) is 14.9 Å². The molecular formula is C22H18F2N4O3. The number of nitrogens with zero attached hydrogens (tertiary/aromatic N) is 3. The fraction of sp³-hybridized carbons (Fsp3) is 0.136. The summed E-state index contributed by atoms with van der Waals surface area (Å²) in [5, 5.41) is 10.6. The van der Waals surface area contributed by atoms with E-state index in [0.717, 1.165) is 0 Å². The van der Waals surface area contributed by atoms with E-state index in [1.165, 1.54) is 22.9 Å². The first-order valence-electron chi connectivity index (χ1n) is 9.42. The maximum absolute atomic E-state index is 13.8. The average Bonchev–Trinajstić information content (AvgIpc) is 3.35. The molecule has 0 fully saturated rings. The van der Waals surface area contributed by atoms with Gasteiger partial charge in [0.1, 0.15) is 18.2 Å². The second-order valence-electron chi connectivity index (χ2n) is 6.73. The third-order valence-electron chi connectivity index (χ3n) is 4.58. The Balaban J connectivity index is 1.44. The van der Waals surface area contributed by atoms with Gasteiger partial charge in [0.2, 0.25) is 0 Å². The number of carbonyl (C=O) groups is 1. The largest absolute Gasteiger partial charge is 0.486 e. The molecule has 158 valence electrons. The van der Waals surface area contributed by atoms with E-state index in [1.54, 1.807) is 49.5 Å². The first kappa shape index (κ1) is 20.3. The first-order chi connectivity index (χ1) is 15.0. The number of hydrogen-bond donors (Lipinski definition) is 1. The number of halogens is 2. The summed E-state index contributed by atoms with van der Waals surface area (Å²) >= 11 is 0. The Labute approximate surface area is 176 Å². The standard InChI is InChI=1S/C22H18F2N4O3/c1-14-16(13-30-19-9-5-4-8-18(19)24)21(27-31-14)22(29)25-20-10-11-28(26-20)12-15-6-2-3-7-17(15)23/h2-11H,12-13H2,1H3,(H,25,26,29). The van der Waals surface area contributed by atoms with Gasteiger partial charge < -0.3 is 14.6 Å². The van der Waals surface area contributed by atoms with Crippen molar-refractivity contribution in [3.05, 3.63) is 95.0 Å². The molecule has 1 amide bonds. The van der Waals surface area contributed by atoms with Crippen molar-refractivity contribution in [2.24, 2.45) is 0 Å². The zero-order chi connectivity index (χ0) is 21.8. The lowest BCUT2D eigenvalue weighted by Crippen LogP contribution is -2.16. The molecule has 0 spiro atoms. The van der Waals surface area contributed by atoms with Crippen LogP contribution in [0.5, 0.6) is 5.75 Å². The molecule has 2 aromatic carbocycles. The molecule has 0 aliphatic rings. The Bertz CT molecular complexity index is 1220. The summed E-state index contributed by atoms with van der Waals surface area (Å²) in [5.74, 6) is -0.694. The number of amides is 1. The number of nitrogens with one attached hydrogen (secondary N) is 1. The lowest BCUT2D eigenvalue weighted by atomic mass is 10.2. The highest BCUT2D eigenvalue weighted by molar-refractivity contribution is 6.03. The van der Waals surface area contributed by atoms with E-state index in [1.807, 2.05) is 0 Å². The SMILES string of the molecule is Cc1onc(C(=O)Nc2ccn(Cc3ccccc3F)n2)c1COc1ccccc1F. The van der Waals surface area contributed by atoms with Gasteiger partial charge in [-0.05, 0) is 25.1 Å². The van der Waals surface area contributed by atoms with Crippen molar-refractivity contribution in [2.75, 3.05) is 5.32 Å². The van der Waals surface area contributed by atoms with Crippen molar-refractivity contribution >= 4 is 11.7 Å². The zero-order valence-corrected chi connectivity index (χ0v) is 16.5. The highest BCUT2D eigenvalue weighted by Crippen LogP contribution is 2.21. The molecule has 0 unspecified atom stereocenters. The molecule has 0 radical (unpaired) electrons. The highest BCUT2D eigenvalue weighted by Gasteiger charge is 2.21. The second kappa shape index (κ2) is 8.78. The van der Waals surface area contributed by atoms with Gasteiger partial charge in [-0.1, -0.05) is 35.5 Å². The van der Waals surface area contributed by atoms with E-state index in [4.69, 9.17) is 9.26 Å². The van der Waals surface area contributed by atoms with Gasteiger partial charge in [0, 0.05) is 17.8 Å². The zero-order valence-electron chi connectivity index (χ0n) is 16.5. The van der Waals surface area contributed by atoms with Gasteiger partial charge in [-0.15, -0.1) is 0 Å². The monoisotopic (exact) mass is 424 g/mol. The molecule has 1 N–H and O–H groups in total. The highest BCUT2D eigenvalue weighted by atomic mass is 19.1. The first-order valence-corrected chi connectivity index (χ1v) is 9.42. The van der Waals surface area contributed by atoms with Crippen LogP contribution in [-0.2, 0) is 13.2 Å². The van der Waals surface area contributed by atoms with Crippen molar-refractivity contribution in [3.8, 4) is 5.75 Å². The molecule has 0 atom stereocenters. The van der Waals surface area contributed by atoms with E-state index in [9.17, 15) is 13.6 Å². The summed E-state index contributed by atoms with van der Waals surface area (Å²) in [7, 11) is 0. The van der Waals surface area contributed by atoms with Crippen LogP contribution in [-0.4, -0.2) is 20.8 Å². The number of para-hydroxylation sites is 1. The second-order valence-corrected chi connectivity index (χ2v) is 6.73. The topological polar surface area (TPSA) is 82.2 Å². The van der Waals surface area contributed by atoms with E-state index >= 15 is 0 Å². The van der Waals surface area contributed by atoms with Crippen LogP contribution in [0.1, 0.15) is 27.4 Å². The molecule has 4 aromatic rings. The van der Waals surface area contributed by atoms with Crippen LogP contribution >= 0.6 is 0 Å². The van der Waals surface area contributed by atoms with E-state index < -0.39 is 11.7 Å². The molecule has 31 heavy (non-hydrogen) atoms. The molecule has 4 rings (SSSR count). The van der Waals surface area contributed by atoms with E-state index in [2.05, 4.69) is 15.6 Å². The van der Waals surface area contributed by atoms with Crippen molar-refractivity contribution in [3.63, 3.8) is 0 Å². The smallest absolute Gasteiger partial charge is 0.279 e. The predicted octanol–water partition coefficient (Wildman–Crippen LogP) is 4.34. The number of aryl methyl sites for hydroxylation is 1. The summed E-state index contributed by atoms with van der Waals surface area (Å²) in [5.41, 5.74) is 0.882. The molecule has 7 nitrogen and oxygen atoms in total. The third-order valence-corrected chi connectivity index (χ3v) is 4.58.